The Labute approximate surface area is 181 Å². The number of carbonyl (C=O) groups is 2. The molecule has 164 valence electrons. The molecule has 2 unspecified atom stereocenters. The number of nitrogens with zero attached hydrogens (tertiary/aromatic N) is 1. The maximum absolute atomic E-state index is 12.4. The molecule has 2 aromatic rings. The summed E-state index contributed by atoms with van der Waals surface area (Å²) < 4.78 is 16.7. The summed E-state index contributed by atoms with van der Waals surface area (Å²) in [5, 5.41) is 0. The van der Waals surface area contributed by atoms with Gasteiger partial charge in [-0.15, -0.1) is 0 Å². The zero-order valence-electron chi connectivity index (χ0n) is 17.7. The number of benzene rings is 2. The van der Waals surface area contributed by atoms with Crippen LogP contribution in [0, 0.1) is 0 Å². The fraction of sp³-hybridized carbons (Fsp3) is 0.391. The number of hydrogen-bond acceptors (Lipinski definition) is 6. The fourth-order valence-corrected chi connectivity index (χ4v) is 3.88. The predicted molar refractivity (Wildman–Crippen MR) is 114 cm³/mol. The van der Waals surface area contributed by atoms with E-state index in [1.807, 2.05) is 12.1 Å². The van der Waals surface area contributed by atoms with Gasteiger partial charge in [0.2, 0.25) is 0 Å². The monoisotopic (exact) mass is 425 g/mol. The van der Waals surface area contributed by atoms with Crippen LogP contribution < -0.4 is 20.3 Å². The zero-order valence-corrected chi connectivity index (χ0v) is 17.7. The summed E-state index contributed by atoms with van der Waals surface area (Å²) in [6, 6.07) is 12.3. The minimum absolute atomic E-state index is 0.214. The molecule has 8 nitrogen and oxygen atoms in total. The van der Waals surface area contributed by atoms with Crippen LogP contribution in [0.5, 0.6) is 11.5 Å². The first-order chi connectivity index (χ1) is 15.0. The van der Waals surface area contributed by atoms with Crippen LogP contribution in [0.3, 0.4) is 0 Å². The topological polar surface area (TPSA) is 89.1 Å². The van der Waals surface area contributed by atoms with Crippen molar-refractivity contribution < 1.29 is 23.8 Å². The van der Waals surface area contributed by atoms with Gasteiger partial charge in [0, 0.05) is 30.8 Å². The minimum Gasteiger partial charge on any atom is -0.486 e. The highest BCUT2D eigenvalue weighted by molar-refractivity contribution is 5.99. The second-order valence-corrected chi connectivity index (χ2v) is 7.92. The van der Waals surface area contributed by atoms with E-state index in [4.69, 9.17) is 14.2 Å². The number of fused-ring (bicyclic) bond motifs is 1. The lowest BCUT2D eigenvalue weighted by molar-refractivity contribution is -0.0704. The fourth-order valence-electron chi connectivity index (χ4n) is 3.88. The molecule has 4 rings (SSSR count). The van der Waals surface area contributed by atoms with Gasteiger partial charge in [-0.3, -0.25) is 25.3 Å². The first-order valence-corrected chi connectivity index (χ1v) is 10.4. The molecule has 0 bridgehead atoms. The summed E-state index contributed by atoms with van der Waals surface area (Å²) in [5.41, 5.74) is 6.85. The second kappa shape index (κ2) is 9.36. The van der Waals surface area contributed by atoms with Gasteiger partial charge in [0.25, 0.3) is 11.8 Å². The van der Waals surface area contributed by atoms with Crippen molar-refractivity contribution >= 4 is 11.8 Å². The Morgan fingerprint density at radius 3 is 2.13 bits per heavy atom. The quantitative estimate of drug-likeness (QED) is 0.730. The molecule has 0 aromatic heterocycles. The second-order valence-electron chi connectivity index (χ2n) is 7.92. The van der Waals surface area contributed by atoms with E-state index < -0.39 is 5.91 Å². The molecule has 2 atom stereocenters. The number of nitrogens with one attached hydrogen (secondary N) is 2. The summed E-state index contributed by atoms with van der Waals surface area (Å²) in [7, 11) is 0. The number of carbonyl (C=O) groups excluding carboxylic acids is 2. The molecule has 0 spiro atoms. The van der Waals surface area contributed by atoms with Gasteiger partial charge < -0.3 is 14.2 Å². The Morgan fingerprint density at radius 1 is 0.871 bits per heavy atom. The Morgan fingerprint density at radius 2 is 1.45 bits per heavy atom. The van der Waals surface area contributed by atoms with Gasteiger partial charge in [-0.25, -0.2) is 0 Å². The van der Waals surface area contributed by atoms with Crippen molar-refractivity contribution in [2.75, 3.05) is 26.3 Å². The van der Waals surface area contributed by atoms with Gasteiger partial charge >= 0.3 is 0 Å². The molecule has 0 radical (unpaired) electrons. The molecule has 2 aliphatic rings. The van der Waals surface area contributed by atoms with Crippen molar-refractivity contribution in [3.63, 3.8) is 0 Å². The molecule has 1 fully saturated rings. The van der Waals surface area contributed by atoms with E-state index in [9.17, 15) is 9.59 Å². The maximum Gasteiger partial charge on any atom is 0.269 e. The summed E-state index contributed by atoms with van der Waals surface area (Å²) in [6.45, 7) is 7.66. The highest BCUT2D eigenvalue weighted by Crippen LogP contribution is 2.30. The van der Waals surface area contributed by atoms with Crippen LogP contribution in [-0.4, -0.2) is 55.2 Å². The van der Waals surface area contributed by atoms with E-state index in [2.05, 4.69) is 29.6 Å². The lowest BCUT2D eigenvalue weighted by Crippen LogP contribution is -2.44. The maximum atomic E-state index is 12.4. The average molecular weight is 425 g/mol. The van der Waals surface area contributed by atoms with Crippen molar-refractivity contribution in [3.05, 3.63) is 59.2 Å². The molecule has 2 aliphatic heterocycles. The zero-order chi connectivity index (χ0) is 21.8. The van der Waals surface area contributed by atoms with E-state index in [1.165, 1.54) is 0 Å². The number of hydrogen-bond donors (Lipinski definition) is 2. The molecule has 0 aliphatic carbocycles. The third kappa shape index (κ3) is 5.34. The van der Waals surface area contributed by atoms with E-state index in [-0.39, 0.29) is 18.1 Å². The van der Waals surface area contributed by atoms with Crippen LogP contribution in [0.2, 0.25) is 0 Å². The van der Waals surface area contributed by atoms with Crippen LogP contribution in [0.15, 0.2) is 42.5 Å². The van der Waals surface area contributed by atoms with Gasteiger partial charge in [-0.2, -0.15) is 0 Å². The molecule has 0 saturated carbocycles. The Bertz CT molecular complexity index is 937. The molecule has 2 amide bonds. The normalized spacial score (nSPS) is 20.7. The molecule has 2 N–H and O–H groups in total. The molecular formula is C23H27N3O5. The molecule has 31 heavy (non-hydrogen) atoms. The smallest absolute Gasteiger partial charge is 0.269 e. The lowest BCUT2D eigenvalue weighted by Gasteiger charge is -2.35. The first kappa shape index (κ1) is 21.1. The third-order valence-corrected chi connectivity index (χ3v) is 5.21. The van der Waals surface area contributed by atoms with Crippen molar-refractivity contribution in [2.24, 2.45) is 0 Å². The lowest BCUT2D eigenvalue weighted by atomic mass is 10.1. The van der Waals surface area contributed by atoms with Gasteiger partial charge in [-0.05, 0) is 49.7 Å². The number of rotatable bonds is 4. The van der Waals surface area contributed by atoms with Crippen molar-refractivity contribution in [1.82, 2.24) is 15.8 Å². The van der Waals surface area contributed by atoms with Crippen molar-refractivity contribution in [2.45, 2.75) is 32.6 Å². The predicted octanol–water partition coefficient (Wildman–Crippen LogP) is 2.14. The minimum atomic E-state index is -0.433. The molecule has 2 aromatic carbocycles. The van der Waals surface area contributed by atoms with Gasteiger partial charge in [-0.1, -0.05) is 12.1 Å². The van der Waals surface area contributed by atoms with E-state index >= 15 is 0 Å². The first-order valence-electron chi connectivity index (χ1n) is 10.4. The largest absolute Gasteiger partial charge is 0.486 e. The van der Waals surface area contributed by atoms with Crippen LogP contribution in [0.25, 0.3) is 0 Å². The number of amides is 2. The number of ether oxygens (including phenoxy) is 3. The highest BCUT2D eigenvalue weighted by Gasteiger charge is 2.22. The van der Waals surface area contributed by atoms with Gasteiger partial charge in [0.1, 0.15) is 13.2 Å². The summed E-state index contributed by atoms with van der Waals surface area (Å²) in [4.78, 5) is 27.1. The number of morpholine rings is 1. The van der Waals surface area contributed by atoms with Gasteiger partial charge in [0.15, 0.2) is 11.5 Å². The van der Waals surface area contributed by atoms with Crippen molar-refractivity contribution in [1.29, 1.82) is 0 Å². The molecule has 8 heteroatoms. The Balaban J connectivity index is 1.30. The van der Waals surface area contributed by atoms with E-state index in [0.717, 1.165) is 25.2 Å². The molecule has 1 saturated heterocycles. The summed E-state index contributed by atoms with van der Waals surface area (Å²) >= 11 is 0. The molecular weight excluding hydrogens is 398 g/mol. The van der Waals surface area contributed by atoms with Crippen LogP contribution >= 0.6 is 0 Å². The standard InChI is InChI=1S/C23H27N3O5/c1-15-12-26(13-16(2)31-15)14-17-3-5-18(6-4-17)22(27)24-25-23(28)19-7-8-20-21(11-19)30-10-9-29-20/h3-8,11,15-16H,9-10,12-14H2,1-2H3,(H,24,27)(H,25,28). The summed E-state index contributed by atoms with van der Waals surface area (Å²) in [5.74, 6) is 0.307. The Kier molecular flexibility index (Phi) is 6.39. The summed E-state index contributed by atoms with van der Waals surface area (Å²) in [6.07, 6.45) is 0.429. The average Bonchev–Trinajstić information content (AvgIpc) is 2.76. The van der Waals surface area contributed by atoms with Crippen molar-refractivity contribution in [3.8, 4) is 11.5 Å². The van der Waals surface area contributed by atoms with Crippen LogP contribution in [-0.2, 0) is 11.3 Å². The van der Waals surface area contributed by atoms with E-state index in [0.29, 0.717) is 35.8 Å². The van der Waals surface area contributed by atoms with E-state index in [1.54, 1.807) is 30.3 Å². The molecule has 2 heterocycles. The SMILES string of the molecule is CC1CN(Cc2ccc(C(=O)NNC(=O)c3ccc4c(c3)OCCO4)cc2)CC(C)O1. The van der Waals surface area contributed by atoms with Crippen LogP contribution in [0.4, 0.5) is 0 Å². The number of hydrazine groups is 1. The van der Waals surface area contributed by atoms with Gasteiger partial charge in [0.05, 0.1) is 12.2 Å². The Hall–Kier alpha value is -3.10. The van der Waals surface area contributed by atoms with Crippen LogP contribution in [0.1, 0.15) is 40.1 Å². The third-order valence-electron chi connectivity index (χ3n) is 5.21. The highest BCUT2D eigenvalue weighted by atomic mass is 16.6.